The lowest BCUT2D eigenvalue weighted by atomic mass is 10.2. The molecule has 0 fully saturated rings. The summed E-state index contributed by atoms with van der Waals surface area (Å²) >= 11 is 0. The number of nitrogens with zero attached hydrogens (tertiary/aromatic N) is 2. The number of aliphatic hydroxyl groups is 1. The number of aryl methyl sites for hydroxylation is 1. The third kappa shape index (κ3) is 3.06. The number of aliphatic hydroxyl groups excluding tert-OH is 1. The van der Waals surface area contributed by atoms with E-state index in [-0.39, 0.29) is 12.3 Å². The van der Waals surface area contributed by atoms with E-state index in [1.165, 1.54) is 6.20 Å². The summed E-state index contributed by atoms with van der Waals surface area (Å²) in [6.45, 7) is 2.63. The highest BCUT2D eigenvalue weighted by atomic mass is 16.4. The molecule has 5 heteroatoms. The molecule has 5 nitrogen and oxygen atoms in total. The van der Waals surface area contributed by atoms with E-state index >= 15 is 0 Å². The highest BCUT2D eigenvalue weighted by molar-refractivity contribution is 5.85. The maximum atomic E-state index is 10.8. The number of hydrogen-bond acceptors (Lipinski definition) is 3. The zero-order chi connectivity index (χ0) is 11.3. The number of carboxylic acid groups (broad SMARTS) is 1. The lowest BCUT2D eigenvalue weighted by Gasteiger charge is -2.06. The van der Waals surface area contributed by atoms with Gasteiger partial charge in [-0.1, -0.05) is 0 Å². The van der Waals surface area contributed by atoms with Crippen molar-refractivity contribution in [1.82, 2.24) is 9.55 Å². The van der Waals surface area contributed by atoms with E-state index in [0.29, 0.717) is 6.54 Å². The molecule has 0 aliphatic carbocycles. The Kier molecular flexibility index (Phi) is 4.30. The average molecular weight is 212 g/mol. The molecule has 84 valence electrons. The van der Waals surface area contributed by atoms with Gasteiger partial charge in [0.05, 0.1) is 6.20 Å². The summed E-state index contributed by atoms with van der Waals surface area (Å²) in [4.78, 5) is 14.8. The largest absolute Gasteiger partial charge is 0.477 e. The molecule has 0 aromatic carbocycles. The topological polar surface area (TPSA) is 75.3 Å². The van der Waals surface area contributed by atoms with Gasteiger partial charge >= 0.3 is 5.97 Å². The van der Waals surface area contributed by atoms with Crippen molar-refractivity contribution in [1.29, 1.82) is 0 Å². The van der Waals surface area contributed by atoms with Crippen molar-refractivity contribution in [3.05, 3.63) is 17.7 Å². The minimum Gasteiger partial charge on any atom is -0.477 e. The summed E-state index contributed by atoms with van der Waals surface area (Å²) in [6.07, 6.45) is 3.89. The fourth-order valence-corrected chi connectivity index (χ4v) is 1.48. The maximum absolute atomic E-state index is 10.8. The molecular weight excluding hydrogens is 196 g/mol. The standard InChI is InChI=1S/C10H16N2O3/c1-8-11-7-9(10(14)15)12(8)5-3-2-4-6-13/h7,13H,2-6H2,1H3,(H,14,15). The Bertz CT molecular complexity index is 333. The van der Waals surface area contributed by atoms with E-state index in [9.17, 15) is 4.79 Å². The SMILES string of the molecule is Cc1ncc(C(=O)O)n1CCCCCO. The molecule has 0 aliphatic rings. The molecule has 15 heavy (non-hydrogen) atoms. The third-order valence-corrected chi connectivity index (χ3v) is 2.31. The quantitative estimate of drug-likeness (QED) is 0.691. The van der Waals surface area contributed by atoms with Crippen molar-refractivity contribution in [2.45, 2.75) is 32.7 Å². The number of hydrogen-bond donors (Lipinski definition) is 2. The minimum atomic E-state index is -0.947. The van der Waals surface area contributed by atoms with E-state index in [0.717, 1.165) is 25.1 Å². The van der Waals surface area contributed by atoms with E-state index < -0.39 is 5.97 Å². The monoisotopic (exact) mass is 212 g/mol. The second-order valence-electron chi connectivity index (χ2n) is 3.43. The lowest BCUT2D eigenvalue weighted by Crippen LogP contribution is -2.10. The number of rotatable bonds is 6. The predicted octanol–water partition coefficient (Wildman–Crippen LogP) is 1.05. The summed E-state index contributed by atoms with van der Waals surface area (Å²) in [5, 5.41) is 17.5. The highest BCUT2D eigenvalue weighted by Crippen LogP contribution is 2.07. The van der Waals surface area contributed by atoms with E-state index in [2.05, 4.69) is 4.98 Å². The van der Waals surface area contributed by atoms with Gasteiger partial charge in [-0.3, -0.25) is 0 Å². The van der Waals surface area contributed by atoms with Crippen molar-refractivity contribution in [3.8, 4) is 0 Å². The van der Waals surface area contributed by atoms with Gasteiger partial charge in [-0.05, 0) is 26.2 Å². The Morgan fingerprint density at radius 1 is 1.47 bits per heavy atom. The Morgan fingerprint density at radius 3 is 2.80 bits per heavy atom. The number of unbranched alkanes of at least 4 members (excludes halogenated alkanes) is 2. The number of carboxylic acids is 1. The van der Waals surface area contributed by atoms with Crippen LogP contribution in [0.15, 0.2) is 6.20 Å². The van der Waals surface area contributed by atoms with E-state index in [1.807, 2.05) is 0 Å². The molecule has 0 aliphatic heterocycles. The first-order valence-corrected chi connectivity index (χ1v) is 5.03. The zero-order valence-electron chi connectivity index (χ0n) is 8.81. The van der Waals surface area contributed by atoms with Crippen LogP contribution >= 0.6 is 0 Å². The van der Waals surface area contributed by atoms with Crippen molar-refractivity contribution < 1.29 is 15.0 Å². The molecule has 0 saturated heterocycles. The van der Waals surface area contributed by atoms with Crippen molar-refractivity contribution in [3.63, 3.8) is 0 Å². The van der Waals surface area contributed by atoms with Crippen LogP contribution in [0, 0.1) is 6.92 Å². The maximum Gasteiger partial charge on any atom is 0.354 e. The predicted molar refractivity (Wildman–Crippen MR) is 54.9 cm³/mol. The van der Waals surface area contributed by atoms with Gasteiger partial charge in [0, 0.05) is 13.2 Å². The summed E-state index contributed by atoms with van der Waals surface area (Å²) < 4.78 is 1.69. The van der Waals surface area contributed by atoms with Crippen LogP contribution in [0.5, 0.6) is 0 Å². The zero-order valence-corrected chi connectivity index (χ0v) is 8.81. The van der Waals surface area contributed by atoms with Crippen molar-refractivity contribution in [2.75, 3.05) is 6.61 Å². The fraction of sp³-hybridized carbons (Fsp3) is 0.600. The van der Waals surface area contributed by atoms with E-state index in [1.54, 1.807) is 11.5 Å². The number of carbonyl (C=O) groups is 1. The van der Waals surface area contributed by atoms with Gasteiger partial charge in [0.25, 0.3) is 0 Å². The Balaban J connectivity index is 2.58. The van der Waals surface area contributed by atoms with Gasteiger partial charge in [-0.15, -0.1) is 0 Å². The summed E-state index contributed by atoms with van der Waals surface area (Å²) in [7, 11) is 0. The van der Waals surface area contributed by atoms with Crippen LogP contribution in [0.2, 0.25) is 0 Å². The van der Waals surface area contributed by atoms with Gasteiger partial charge in [0.15, 0.2) is 0 Å². The Labute approximate surface area is 88.4 Å². The first-order chi connectivity index (χ1) is 7.16. The van der Waals surface area contributed by atoms with Gasteiger partial charge in [0.1, 0.15) is 11.5 Å². The fourth-order valence-electron chi connectivity index (χ4n) is 1.48. The van der Waals surface area contributed by atoms with Gasteiger partial charge in [-0.25, -0.2) is 9.78 Å². The van der Waals surface area contributed by atoms with Crippen molar-refractivity contribution in [2.24, 2.45) is 0 Å². The van der Waals surface area contributed by atoms with Gasteiger partial charge < -0.3 is 14.8 Å². The van der Waals surface area contributed by atoms with Crippen LogP contribution in [0.4, 0.5) is 0 Å². The minimum absolute atomic E-state index is 0.189. The molecule has 0 saturated carbocycles. The van der Waals surface area contributed by atoms with Crippen LogP contribution in [-0.4, -0.2) is 32.3 Å². The average Bonchev–Trinajstić information content (AvgIpc) is 2.55. The second kappa shape index (κ2) is 5.50. The van der Waals surface area contributed by atoms with Crippen LogP contribution in [-0.2, 0) is 6.54 Å². The van der Waals surface area contributed by atoms with E-state index in [4.69, 9.17) is 10.2 Å². The van der Waals surface area contributed by atoms with Crippen LogP contribution in [0.3, 0.4) is 0 Å². The molecule has 0 spiro atoms. The van der Waals surface area contributed by atoms with Crippen LogP contribution < -0.4 is 0 Å². The Hall–Kier alpha value is -1.36. The highest BCUT2D eigenvalue weighted by Gasteiger charge is 2.12. The summed E-state index contributed by atoms with van der Waals surface area (Å²) in [6, 6.07) is 0. The normalized spacial score (nSPS) is 10.5. The van der Waals surface area contributed by atoms with Gasteiger partial charge in [0.2, 0.25) is 0 Å². The smallest absolute Gasteiger partial charge is 0.354 e. The summed E-state index contributed by atoms with van der Waals surface area (Å²) in [5.74, 6) is -0.228. The first kappa shape index (κ1) is 11.7. The van der Waals surface area contributed by atoms with Crippen LogP contribution in [0.25, 0.3) is 0 Å². The molecule has 0 radical (unpaired) electrons. The van der Waals surface area contributed by atoms with Gasteiger partial charge in [-0.2, -0.15) is 0 Å². The third-order valence-electron chi connectivity index (χ3n) is 2.31. The molecule has 0 unspecified atom stereocenters. The summed E-state index contributed by atoms with van der Waals surface area (Å²) in [5.41, 5.74) is 0.233. The molecule has 0 amide bonds. The second-order valence-corrected chi connectivity index (χ2v) is 3.43. The molecule has 1 heterocycles. The number of imidazole rings is 1. The molecule has 1 aromatic rings. The molecule has 0 bridgehead atoms. The number of aromatic nitrogens is 2. The first-order valence-electron chi connectivity index (χ1n) is 5.03. The molecule has 2 N–H and O–H groups in total. The molecule has 1 rings (SSSR count). The van der Waals surface area contributed by atoms with Crippen LogP contribution in [0.1, 0.15) is 35.6 Å². The molecule has 0 atom stereocenters. The Morgan fingerprint density at radius 2 is 2.20 bits per heavy atom. The molecule has 1 aromatic heterocycles. The van der Waals surface area contributed by atoms with Crippen molar-refractivity contribution >= 4 is 5.97 Å². The molecular formula is C10H16N2O3. The lowest BCUT2D eigenvalue weighted by molar-refractivity contribution is 0.0684. The number of aromatic carboxylic acids is 1.